The molecular weight excluding hydrogens is 368 g/mol. The maximum atomic E-state index is 12.5. The Morgan fingerprint density at radius 2 is 1.89 bits per heavy atom. The second-order valence-corrected chi connectivity index (χ2v) is 8.39. The molecule has 3 rings (SSSR count). The molecule has 1 amide bonds. The van der Waals surface area contributed by atoms with E-state index in [9.17, 15) is 23.1 Å². The molecule has 0 saturated carbocycles. The monoisotopic (exact) mass is 388 g/mol. The molecule has 8 heteroatoms. The highest BCUT2D eigenvalue weighted by Gasteiger charge is 2.27. The molecule has 0 bridgehead atoms. The van der Waals surface area contributed by atoms with Gasteiger partial charge in [0.05, 0.1) is 11.9 Å². The number of benzene rings is 2. The highest BCUT2D eigenvalue weighted by atomic mass is 32.2. The predicted octanol–water partition coefficient (Wildman–Crippen LogP) is 1.43. The number of carboxylic acid groups (broad SMARTS) is 1. The van der Waals surface area contributed by atoms with E-state index in [1.54, 1.807) is 24.3 Å². The standard InChI is InChI=1S/C19H20N2O5S/c1-27(25,26)21-10-9-14-12-15(7-8-17(14)21)18(22)20-16(19(23)24)11-13-5-3-2-4-6-13/h2-8,12,16H,9-11H2,1H3,(H,20,22)(H,23,24)/t16-/m1/s1. The fourth-order valence-corrected chi connectivity index (χ4v) is 4.11. The van der Waals surface area contributed by atoms with Crippen molar-refractivity contribution >= 4 is 27.6 Å². The van der Waals surface area contributed by atoms with Gasteiger partial charge in [-0.2, -0.15) is 0 Å². The van der Waals surface area contributed by atoms with Gasteiger partial charge in [-0.3, -0.25) is 9.10 Å². The molecule has 1 aliphatic heterocycles. The van der Waals surface area contributed by atoms with Crippen LogP contribution in [-0.2, 0) is 27.7 Å². The second kappa shape index (κ2) is 7.40. The van der Waals surface area contributed by atoms with Crippen LogP contribution in [0.2, 0.25) is 0 Å². The number of nitrogens with one attached hydrogen (secondary N) is 1. The molecule has 0 radical (unpaired) electrons. The van der Waals surface area contributed by atoms with Crippen LogP contribution in [0, 0.1) is 0 Å². The van der Waals surface area contributed by atoms with Gasteiger partial charge >= 0.3 is 5.97 Å². The molecule has 0 spiro atoms. The van der Waals surface area contributed by atoms with Crippen molar-refractivity contribution < 1.29 is 23.1 Å². The lowest BCUT2D eigenvalue weighted by atomic mass is 10.0. The van der Waals surface area contributed by atoms with Crippen molar-refractivity contribution in [3.8, 4) is 0 Å². The van der Waals surface area contributed by atoms with Crippen molar-refractivity contribution in [1.82, 2.24) is 5.32 Å². The minimum Gasteiger partial charge on any atom is -0.480 e. The number of anilines is 1. The summed E-state index contributed by atoms with van der Waals surface area (Å²) in [6.07, 6.45) is 1.83. The number of aliphatic carboxylic acids is 1. The molecule has 142 valence electrons. The summed E-state index contributed by atoms with van der Waals surface area (Å²) < 4.78 is 24.9. The minimum atomic E-state index is -3.36. The van der Waals surface area contributed by atoms with E-state index in [1.165, 1.54) is 10.4 Å². The van der Waals surface area contributed by atoms with Crippen LogP contribution in [0.5, 0.6) is 0 Å². The number of fused-ring (bicyclic) bond motifs is 1. The van der Waals surface area contributed by atoms with Gasteiger partial charge in [0, 0.05) is 18.5 Å². The van der Waals surface area contributed by atoms with Gasteiger partial charge in [-0.15, -0.1) is 0 Å². The van der Waals surface area contributed by atoms with E-state index in [2.05, 4.69) is 5.32 Å². The van der Waals surface area contributed by atoms with E-state index in [-0.39, 0.29) is 6.42 Å². The van der Waals surface area contributed by atoms with Crippen LogP contribution in [-0.4, -0.2) is 44.2 Å². The lowest BCUT2D eigenvalue weighted by Crippen LogP contribution is -2.42. The van der Waals surface area contributed by atoms with Crippen molar-refractivity contribution in [2.45, 2.75) is 18.9 Å². The van der Waals surface area contributed by atoms with Crippen molar-refractivity contribution in [3.63, 3.8) is 0 Å². The normalized spacial score (nSPS) is 14.5. The zero-order valence-electron chi connectivity index (χ0n) is 14.8. The van der Waals surface area contributed by atoms with Gasteiger partial charge in [0.2, 0.25) is 10.0 Å². The Kier molecular flexibility index (Phi) is 5.18. The van der Waals surface area contributed by atoms with Gasteiger partial charge in [-0.05, 0) is 35.7 Å². The molecule has 2 aromatic carbocycles. The van der Waals surface area contributed by atoms with Crippen molar-refractivity contribution in [2.75, 3.05) is 17.1 Å². The van der Waals surface area contributed by atoms with Gasteiger partial charge in [-0.25, -0.2) is 13.2 Å². The van der Waals surface area contributed by atoms with Crippen LogP contribution >= 0.6 is 0 Å². The molecule has 1 heterocycles. The highest BCUT2D eigenvalue weighted by molar-refractivity contribution is 7.92. The van der Waals surface area contributed by atoms with Crippen molar-refractivity contribution in [1.29, 1.82) is 0 Å². The first-order chi connectivity index (χ1) is 12.8. The summed E-state index contributed by atoms with van der Waals surface area (Å²) in [6, 6.07) is 12.7. The zero-order valence-corrected chi connectivity index (χ0v) is 15.6. The first kappa shape index (κ1) is 18.9. The number of carboxylic acids is 1. The first-order valence-corrected chi connectivity index (χ1v) is 10.3. The van der Waals surface area contributed by atoms with Gasteiger partial charge in [0.25, 0.3) is 5.91 Å². The summed E-state index contributed by atoms with van der Waals surface area (Å²) in [7, 11) is -3.36. The number of carbonyl (C=O) groups excluding carboxylic acids is 1. The molecule has 7 nitrogen and oxygen atoms in total. The summed E-state index contributed by atoms with van der Waals surface area (Å²) in [5.41, 5.74) is 2.43. The molecule has 2 N–H and O–H groups in total. The molecule has 2 aromatic rings. The minimum absolute atomic E-state index is 0.175. The molecule has 0 aromatic heterocycles. The van der Waals surface area contributed by atoms with Crippen LogP contribution in [0.15, 0.2) is 48.5 Å². The van der Waals surface area contributed by atoms with E-state index >= 15 is 0 Å². The number of amides is 1. The van der Waals surface area contributed by atoms with E-state index in [0.717, 1.165) is 17.4 Å². The number of hydrogen-bond donors (Lipinski definition) is 2. The molecule has 27 heavy (non-hydrogen) atoms. The number of rotatable bonds is 6. The molecule has 0 fully saturated rings. The molecule has 0 saturated heterocycles. The van der Waals surface area contributed by atoms with E-state index in [4.69, 9.17) is 0 Å². The van der Waals surface area contributed by atoms with Gasteiger partial charge in [-0.1, -0.05) is 30.3 Å². The first-order valence-electron chi connectivity index (χ1n) is 8.44. The third-order valence-corrected chi connectivity index (χ3v) is 5.66. The topological polar surface area (TPSA) is 104 Å². The summed E-state index contributed by atoms with van der Waals surface area (Å²) >= 11 is 0. The third-order valence-electron chi connectivity index (χ3n) is 4.48. The Hall–Kier alpha value is -2.87. The summed E-state index contributed by atoms with van der Waals surface area (Å²) in [4.78, 5) is 24.0. The average Bonchev–Trinajstić information content (AvgIpc) is 3.05. The number of carbonyl (C=O) groups is 2. The van der Waals surface area contributed by atoms with E-state index in [0.29, 0.717) is 24.2 Å². The Morgan fingerprint density at radius 1 is 1.19 bits per heavy atom. The molecule has 0 aliphatic carbocycles. The maximum Gasteiger partial charge on any atom is 0.326 e. The number of sulfonamides is 1. The Morgan fingerprint density at radius 3 is 2.52 bits per heavy atom. The zero-order chi connectivity index (χ0) is 19.6. The number of hydrogen-bond acceptors (Lipinski definition) is 4. The Labute approximate surface area is 157 Å². The van der Waals surface area contributed by atoms with Crippen LogP contribution < -0.4 is 9.62 Å². The van der Waals surface area contributed by atoms with Gasteiger partial charge in [0.15, 0.2) is 0 Å². The van der Waals surface area contributed by atoms with Crippen molar-refractivity contribution in [2.24, 2.45) is 0 Å². The average molecular weight is 388 g/mol. The van der Waals surface area contributed by atoms with E-state index < -0.39 is 27.9 Å². The van der Waals surface area contributed by atoms with Crippen LogP contribution in [0.3, 0.4) is 0 Å². The largest absolute Gasteiger partial charge is 0.480 e. The Bertz CT molecular complexity index is 973. The number of nitrogens with zero attached hydrogens (tertiary/aromatic N) is 1. The van der Waals surface area contributed by atoms with Crippen LogP contribution in [0.25, 0.3) is 0 Å². The van der Waals surface area contributed by atoms with E-state index in [1.807, 2.05) is 18.2 Å². The Balaban J connectivity index is 1.77. The summed E-state index contributed by atoms with van der Waals surface area (Å²) in [6.45, 7) is 0.338. The molecule has 1 atom stereocenters. The quantitative estimate of drug-likeness (QED) is 0.779. The van der Waals surface area contributed by atoms with Gasteiger partial charge < -0.3 is 10.4 Å². The maximum absolute atomic E-state index is 12.5. The highest BCUT2D eigenvalue weighted by Crippen LogP contribution is 2.30. The smallest absolute Gasteiger partial charge is 0.326 e. The summed E-state index contributed by atoms with van der Waals surface area (Å²) in [5, 5.41) is 12.0. The summed E-state index contributed by atoms with van der Waals surface area (Å²) in [5.74, 6) is -1.62. The fraction of sp³-hybridized carbons (Fsp3) is 0.263. The van der Waals surface area contributed by atoms with Crippen LogP contribution in [0.4, 0.5) is 5.69 Å². The molecular formula is C19H20N2O5S. The van der Waals surface area contributed by atoms with Crippen molar-refractivity contribution in [3.05, 3.63) is 65.2 Å². The molecule has 1 aliphatic rings. The lowest BCUT2D eigenvalue weighted by molar-refractivity contribution is -0.139. The van der Waals surface area contributed by atoms with Gasteiger partial charge in [0.1, 0.15) is 6.04 Å². The predicted molar refractivity (Wildman–Crippen MR) is 101 cm³/mol. The second-order valence-electron chi connectivity index (χ2n) is 6.48. The van der Waals surface area contributed by atoms with Crippen LogP contribution in [0.1, 0.15) is 21.5 Å². The SMILES string of the molecule is CS(=O)(=O)N1CCc2cc(C(=O)N[C@H](Cc3ccccc3)C(=O)O)ccc21. The third kappa shape index (κ3) is 4.28. The molecule has 0 unspecified atom stereocenters. The fourth-order valence-electron chi connectivity index (χ4n) is 3.15. The lowest BCUT2D eigenvalue weighted by Gasteiger charge is -2.17.